The van der Waals surface area contributed by atoms with Crippen LogP contribution in [0.3, 0.4) is 0 Å². The summed E-state index contributed by atoms with van der Waals surface area (Å²) in [6.45, 7) is 0.258. The molecule has 0 fully saturated rings. The maximum absolute atomic E-state index is 13.1. The Hall–Kier alpha value is -1.95. The number of alkyl halides is 2. The van der Waals surface area contributed by atoms with E-state index in [1.807, 2.05) is 30.3 Å². The molecule has 2 aromatic rings. The SMILES string of the molecule is O=C1C(C(F)F)Nc2ccc(Br)cc2N1Cc1ccccc1. The summed E-state index contributed by atoms with van der Waals surface area (Å²) in [6, 6.07) is 13.0. The molecule has 114 valence electrons. The molecule has 1 aliphatic rings. The highest BCUT2D eigenvalue weighted by Gasteiger charge is 2.38. The zero-order valence-electron chi connectivity index (χ0n) is 11.5. The molecule has 0 spiro atoms. The van der Waals surface area contributed by atoms with Gasteiger partial charge in [-0.05, 0) is 23.8 Å². The van der Waals surface area contributed by atoms with Crippen molar-refractivity contribution in [1.82, 2.24) is 0 Å². The van der Waals surface area contributed by atoms with Crippen molar-refractivity contribution in [2.24, 2.45) is 0 Å². The summed E-state index contributed by atoms with van der Waals surface area (Å²) in [4.78, 5) is 13.8. The molecule has 1 unspecified atom stereocenters. The Morgan fingerprint density at radius 1 is 1.18 bits per heavy atom. The fourth-order valence-corrected chi connectivity index (χ4v) is 2.81. The van der Waals surface area contributed by atoms with Crippen molar-refractivity contribution in [3.63, 3.8) is 0 Å². The van der Waals surface area contributed by atoms with Gasteiger partial charge in [0, 0.05) is 4.47 Å². The van der Waals surface area contributed by atoms with Crippen molar-refractivity contribution in [2.75, 3.05) is 10.2 Å². The van der Waals surface area contributed by atoms with Crippen LogP contribution in [-0.4, -0.2) is 18.4 Å². The van der Waals surface area contributed by atoms with Gasteiger partial charge in [-0.3, -0.25) is 4.79 Å². The summed E-state index contributed by atoms with van der Waals surface area (Å²) in [7, 11) is 0. The topological polar surface area (TPSA) is 32.3 Å². The van der Waals surface area contributed by atoms with Crippen molar-refractivity contribution < 1.29 is 13.6 Å². The van der Waals surface area contributed by atoms with Crippen LogP contribution in [0, 0.1) is 0 Å². The first-order valence-electron chi connectivity index (χ1n) is 6.76. The number of benzene rings is 2. The van der Waals surface area contributed by atoms with Gasteiger partial charge in [-0.2, -0.15) is 0 Å². The van der Waals surface area contributed by atoms with E-state index >= 15 is 0 Å². The third kappa shape index (κ3) is 2.83. The lowest BCUT2D eigenvalue weighted by molar-refractivity contribution is -0.122. The molecule has 0 bridgehead atoms. The number of carbonyl (C=O) groups is 1. The molecule has 0 aromatic heterocycles. The molecule has 1 aliphatic heterocycles. The molecule has 1 atom stereocenters. The lowest BCUT2D eigenvalue weighted by atomic mass is 10.1. The van der Waals surface area contributed by atoms with Gasteiger partial charge in [0.05, 0.1) is 17.9 Å². The minimum Gasteiger partial charge on any atom is -0.367 e. The summed E-state index contributed by atoms with van der Waals surface area (Å²) < 4.78 is 27.1. The third-order valence-electron chi connectivity index (χ3n) is 3.53. The fraction of sp³-hybridized carbons (Fsp3) is 0.188. The minimum atomic E-state index is -2.76. The minimum absolute atomic E-state index is 0.258. The monoisotopic (exact) mass is 366 g/mol. The second-order valence-electron chi connectivity index (χ2n) is 5.03. The number of hydrogen-bond acceptors (Lipinski definition) is 2. The number of anilines is 2. The molecular weight excluding hydrogens is 354 g/mol. The summed E-state index contributed by atoms with van der Waals surface area (Å²) in [5, 5.41) is 2.63. The Labute approximate surface area is 135 Å². The van der Waals surface area contributed by atoms with Gasteiger partial charge in [0.2, 0.25) is 0 Å². The van der Waals surface area contributed by atoms with E-state index in [2.05, 4.69) is 21.2 Å². The van der Waals surface area contributed by atoms with Crippen LogP contribution in [-0.2, 0) is 11.3 Å². The Morgan fingerprint density at radius 2 is 1.91 bits per heavy atom. The molecule has 0 saturated carbocycles. The first kappa shape index (κ1) is 15.0. The lowest BCUT2D eigenvalue weighted by Gasteiger charge is -2.35. The molecule has 3 rings (SSSR count). The number of fused-ring (bicyclic) bond motifs is 1. The zero-order valence-corrected chi connectivity index (χ0v) is 13.1. The number of carbonyl (C=O) groups excluding carboxylic acids is 1. The van der Waals surface area contributed by atoms with Gasteiger partial charge in [-0.15, -0.1) is 0 Å². The van der Waals surface area contributed by atoms with Crippen LogP contribution in [0.25, 0.3) is 0 Å². The molecule has 1 amide bonds. The van der Waals surface area contributed by atoms with Crippen molar-refractivity contribution in [3.05, 3.63) is 58.6 Å². The van der Waals surface area contributed by atoms with Crippen molar-refractivity contribution in [1.29, 1.82) is 0 Å². The molecule has 1 N–H and O–H groups in total. The maximum atomic E-state index is 13.1. The van der Waals surface area contributed by atoms with Crippen molar-refractivity contribution in [2.45, 2.75) is 19.0 Å². The predicted molar refractivity (Wildman–Crippen MR) is 85.2 cm³/mol. The molecule has 22 heavy (non-hydrogen) atoms. The second kappa shape index (κ2) is 6.04. The Kier molecular flexibility index (Phi) is 4.11. The normalized spacial score (nSPS) is 17.4. The van der Waals surface area contributed by atoms with Crippen LogP contribution in [0.4, 0.5) is 20.2 Å². The van der Waals surface area contributed by atoms with E-state index in [-0.39, 0.29) is 6.54 Å². The fourth-order valence-electron chi connectivity index (χ4n) is 2.47. The van der Waals surface area contributed by atoms with E-state index in [1.165, 1.54) is 4.90 Å². The molecular formula is C16H13BrF2N2O. The van der Waals surface area contributed by atoms with E-state index in [0.29, 0.717) is 11.4 Å². The number of nitrogens with one attached hydrogen (secondary N) is 1. The quantitative estimate of drug-likeness (QED) is 0.888. The van der Waals surface area contributed by atoms with Gasteiger partial charge in [0.15, 0.2) is 6.04 Å². The van der Waals surface area contributed by atoms with Gasteiger partial charge >= 0.3 is 0 Å². The molecule has 2 aromatic carbocycles. The summed E-state index contributed by atoms with van der Waals surface area (Å²) >= 11 is 3.35. The number of amides is 1. The average Bonchev–Trinajstić information content (AvgIpc) is 2.51. The van der Waals surface area contributed by atoms with E-state index < -0.39 is 18.4 Å². The van der Waals surface area contributed by atoms with E-state index in [0.717, 1.165) is 10.0 Å². The molecule has 0 aliphatic carbocycles. The van der Waals surface area contributed by atoms with Crippen LogP contribution in [0.5, 0.6) is 0 Å². The van der Waals surface area contributed by atoms with Gasteiger partial charge in [-0.1, -0.05) is 46.3 Å². The van der Waals surface area contributed by atoms with Gasteiger partial charge in [-0.25, -0.2) is 8.78 Å². The van der Waals surface area contributed by atoms with E-state index in [1.54, 1.807) is 18.2 Å². The molecule has 3 nitrogen and oxygen atoms in total. The van der Waals surface area contributed by atoms with Crippen LogP contribution in [0.15, 0.2) is 53.0 Å². The number of hydrogen-bond donors (Lipinski definition) is 1. The molecule has 0 saturated heterocycles. The molecule has 1 heterocycles. The first-order valence-corrected chi connectivity index (χ1v) is 7.55. The Balaban J connectivity index is 2.01. The van der Waals surface area contributed by atoms with Crippen LogP contribution >= 0.6 is 15.9 Å². The maximum Gasteiger partial charge on any atom is 0.267 e. The van der Waals surface area contributed by atoms with Crippen LogP contribution in [0.1, 0.15) is 5.56 Å². The predicted octanol–water partition coefficient (Wildman–Crippen LogP) is 4.04. The van der Waals surface area contributed by atoms with Gasteiger partial charge < -0.3 is 10.2 Å². The van der Waals surface area contributed by atoms with Crippen molar-refractivity contribution >= 4 is 33.2 Å². The average molecular weight is 367 g/mol. The summed E-state index contributed by atoms with van der Waals surface area (Å²) in [5.74, 6) is -0.621. The zero-order chi connectivity index (χ0) is 15.7. The highest BCUT2D eigenvalue weighted by atomic mass is 79.9. The van der Waals surface area contributed by atoms with Gasteiger partial charge in [0.25, 0.3) is 12.3 Å². The first-order chi connectivity index (χ1) is 10.6. The van der Waals surface area contributed by atoms with Crippen molar-refractivity contribution in [3.8, 4) is 0 Å². The second-order valence-corrected chi connectivity index (χ2v) is 5.94. The highest BCUT2D eigenvalue weighted by molar-refractivity contribution is 9.10. The molecule has 6 heteroatoms. The number of rotatable bonds is 3. The highest BCUT2D eigenvalue weighted by Crippen LogP contribution is 2.36. The largest absolute Gasteiger partial charge is 0.367 e. The standard InChI is InChI=1S/C16H13BrF2N2O/c17-11-6-7-12-13(8-11)21(9-10-4-2-1-3-5-10)16(22)14(20-12)15(18)19/h1-8,14-15,20H,9H2. The van der Waals surface area contributed by atoms with Gasteiger partial charge in [0.1, 0.15) is 0 Å². The smallest absolute Gasteiger partial charge is 0.267 e. The van der Waals surface area contributed by atoms with E-state index in [9.17, 15) is 13.6 Å². The lowest BCUT2D eigenvalue weighted by Crippen LogP contribution is -2.50. The summed E-state index contributed by atoms with van der Waals surface area (Å²) in [6.07, 6.45) is -2.76. The van der Waals surface area contributed by atoms with E-state index in [4.69, 9.17) is 0 Å². The molecule has 0 radical (unpaired) electrons. The number of nitrogens with zero attached hydrogens (tertiary/aromatic N) is 1. The number of halogens is 3. The third-order valence-corrected chi connectivity index (χ3v) is 4.02. The summed E-state index contributed by atoms with van der Waals surface area (Å²) in [5.41, 5.74) is 2.01. The van der Waals surface area contributed by atoms with Crippen LogP contribution < -0.4 is 10.2 Å². The Bertz CT molecular complexity index is 694. The van der Waals surface area contributed by atoms with Crippen LogP contribution in [0.2, 0.25) is 0 Å². The Morgan fingerprint density at radius 3 is 2.59 bits per heavy atom.